The van der Waals surface area contributed by atoms with E-state index in [0.717, 1.165) is 32.5 Å². The van der Waals surface area contributed by atoms with Gasteiger partial charge in [-0.25, -0.2) is 0 Å². The molecule has 1 saturated heterocycles. The zero-order valence-corrected chi connectivity index (χ0v) is 16.5. The van der Waals surface area contributed by atoms with Gasteiger partial charge < -0.3 is 19.9 Å². The van der Waals surface area contributed by atoms with Gasteiger partial charge in [0.1, 0.15) is 0 Å². The van der Waals surface area contributed by atoms with Gasteiger partial charge in [0, 0.05) is 51.3 Å². The monoisotopic (exact) mass is 379 g/mol. The van der Waals surface area contributed by atoms with Crippen molar-refractivity contribution in [3.8, 4) is 0 Å². The van der Waals surface area contributed by atoms with Crippen molar-refractivity contribution in [3.05, 3.63) is 60.2 Å². The number of methoxy groups -OCH3 is 1. The topological polar surface area (TPSA) is 44.8 Å². The molecule has 2 atom stereocenters. The van der Waals surface area contributed by atoms with Crippen LogP contribution in [0.15, 0.2) is 54.6 Å². The Labute approximate surface area is 167 Å². The first-order valence-electron chi connectivity index (χ1n) is 10.2. The van der Waals surface area contributed by atoms with Gasteiger partial charge >= 0.3 is 0 Å². The zero-order valence-electron chi connectivity index (χ0n) is 16.5. The summed E-state index contributed by atoms with van der Waals surface area (Å²) in [6.07, 6.45) is 1.64. The van der Waals surface area contributed by atoms with Gasteiger partial charge in [-0.1, -0.05) is 36.4 Å². The minimum atomic E-state index is -0.0380. The molecule has 5 nitrogen and oxygen atoms in total. The first kappa shape index (κ1) is 18.8. The molecule has 0 aliphatic carbocycles. The number of nitrogens with zero attached hydrogens (tertiary/aromatic N) is 2. The number of piperazine rings is 1. The molecule has 4 rings (SSSR count). The number of fused-ring (bicyclic) bond motifs is 3. The highest BCUT2D eigenvalue weighted by atomic mass is 16.5. The van der Waals surface area contributed by atoms with Crippen LogP contribution >= 0.6 is 0 Å². The Kier molecular flexibility index (Phi) is 5.81. The van der Waals surface area contributed by atoms with Gasteiger partial charge in [0.2, 0.25) is 5.91 Å². The fourth-order valence-corrected chi connectivity index (χ4v) is 4.49. The molecule has 1 amide bonds. The minimum Gasteiger partial charge on any atom is -0.385 e. The molecule has 2 aliphatic rings. The van der Waals surface area contributed by atoms with Crippen LogP contribution in [0.25, 0.3) is 0 Å². The molecule has 0 spiro atoms. The summed E-state index contributed by atoms with van der Waals surface area (Å²) in [6.45, 7) is 4.11. The number of hydrogen-bond acceptors (Lipinski definition) is 4. The molecule has 2 aromatic rings. The smallest absolute Gasteiger partial charge is 0.225 e. The molecule has 0 aromatic heterocycles. The van der Waals surface area contributed by atoms with Crippen LogP contribution in [0.1, 0.15) is 12.0 Å². The van der Waals surface area contributed by atoms with Crippen LogP contribution in [-0.4, -0.2) is 51.8 Å². The van der Waals surface area contributed by atoms with Gasteiger partial charge in [-0.2, -0.15) is 0 Å². The standard InChI is InChI=1S/C23H29N3O2/c1-28-15-7-12-24-23(27)20-16-18-8-5-6-11-21(18)26-14-13-25(17-22(20)26)19-9-3-2-4-10-19/h2-6,8-11,20,22H,7,12-17H2,1H3,(H,24,27)/t20-,22+/m1/s1. The summed E-state index contributed by atoms with van der Waals surface area (Å²) < 4.78 is 5.10. The van der Waals surface area contributed by atoms with Crippen molar-refractivity contribution in [1.29, 1.82) is 0 Å². The molecule has 28 heavy (non-hydrogen) atoms. The Balaban J connectivity index is 1.55. The Morgan fingerprint density at radius 1 is 1.11 bits per heavy atom. The maximum atomic E-state index is 13.1. The number of nitrogens with one attached hydrogen (secondary N) is 1. The van der Waals surface area contributed by atoms with Crippen LogP contribution in [-0.2, 0) is 16.0 Å². The number of amides is 1. The van der Waals surface area contributed by atoms with Crippen LogP contribution in [0.5, 0.6) is 0 Å². The molecule has 1 N–H and O–H groups in total. The molecular formula is C23H29N3O2. The molecule has 2 heterocycles. The minimum absolute atomic E-state index is 0.0380. The van der Waals surface area contributed by atoms with Crippen LogP contribution in [0.4, 0.5) is 11.4 Å². The summed E-state index contributed by atoms with van der Waals surface area (Å²) in [5, 5.41) is 3.14. The lowest BCUT2D eigenvalue weighted by atomic mass is 9.83. The predicted octanol–water partition coefficient (Wildman–Crippen LogP) is 2.71. The molecule has 2 aromatic carbocycles. The van der Waals surface area contributed by atoms with E-state index in [-0.39, 0.29) is 17.9 Å². The number of anilines is 2. The average molecular weight is 380 g/mol. The Morgan fingerprint density at radius 3 is 2.71 bits per heavy atom. The number of benzene rings is 2. The summed E-state index contributed by atoms with van der Waals surface area (Å²) in [5.74, 6) is 0.125. The molecule has 1 fully saturated rings. The lowest BCUT2D eigenvalue weighted by molar-refractivity contribution is -0.125. The number of rotatable bonds is 6. The Hall–Kier alpha value is -2.53. The maximum Gasteiger partial charge on any atom is 0.225 e. The van der Waals surface area contributed by atoms with Crippen molar-refractivity contribution < 1.29 is 9.53 Å². The second-order valence-corrected chi connectivity index (χ2v) is 7.62. The number of carbonyl (C=O) groups excluding carboxylic acids is 1. The van der Waals surface area contributed by atoms with Gasteiger partial charge in [0.25, 0.3) is 0 Å². The maximum absolute atomic E-state index is 13.1. The summed E-state index contributed by atoms with van der Waals surface area (Å²) in [5.41, 5.74) is 3.81. The Morgan fingerprint density at radius 2 is 1.89 bits per heavy atom. The van der Waals surface area contributed by atoms with Crippen LogP contribution in [0.3, 0.4) is 0 Å². The molecule has 0 unspecified atom stereocenters. The van der Waals surface area contributed by atoms with Crippen LogP contribution in [0, 0.1) is 5.92 Å². The van der Waals surface area contributed by atoms with Gasteiger partial charge in [-0.05, 0) is 36.6 Å². The molecule has 0 bridgehead atoms. The SMILES string of the molecule is COCCCNC(=O)[C@@H]1Cc2ccccc2N2CCN(c3ccccc3)C[C@@H]12. The average Bonchev–Trinajstić information content (AvgIpc) is 2.76. The lowest BCUT2D eigenvalue weighted by Crippen LogP contribution is -2.61. The zero-order chi connectivity index (χ0) is 19.3. The molecule has 148 valence electrons. The van der Waals surface area contributed by atoms with Crippen molar-refractivity contribution in [1.82, 2.24) is 5.32 Å². The number of hydrogen-bond donors (Lipinski definition) is 1. The van der Waals surface area contributed by atoms with E-state index in [4.69, 9.17) is 4.74 Å². The second kappa shape index (κ2) is 8.65. The third-order valence-electron chi connectivity index (χ3n) is 5.91. The van der Waals surface area contributed by atoms with E-state index >= 15 is 0 Å². The fourth-order valence-electron chi connectivity index (χ4n) is 4.49. The van der Waals surface area contributed by atoms with Gasteiger partial charge in [0.15, 0.2) is 0 Å². The number of ether oxygens (including phenoxy) is 1. The highest BCUT2D eigenvalue weighted by Crippen LogP contribution is 2.36. The summed E-state index contributed by atoms with van der Waals surface area (Å²) in [6, 6.07) is 19.3. The highest BCUT2D eigenvalue weighted by molar-refractivity contribution is 5.82. The first-order valence-corrected chi connectivity index (χ1v) is 10.2. The van der Waals surface area contributed by atoms with Crippen molar-refractivity contribution in [3.63, 3.8) is 0 Å². The van der Waals surface area contributed by atoms with Crippen molar-refractivity contribution in [2.75, 3.05) is 49.7 Å². The van der Waals surface area contributed by atoms with Crippen molar-refractivity contribution in [2.24, 2.45) is 5.92 Å². The normalized spacial score (nSPS) is 21.0. The third kappa shape index (κ3) is 3.85. The lowest BCUT2D eigenvalue weighted by Gasteiger charge is -2.49. The van der Waals surface area contributed by atoms with E-state index < -0.39 is 0 Å². The molecule has 2 aliphatic heterocycles. The number of para-hydroxylation sites is 2. The van der Waals surface area contributed by atoms with Crippen molar-refractivity contribution >= 4 is 17.3 Å². The van der Waals surface area contributed by atoms with E-state index in [1.54, 1.807) is 7.11 Å². The molecular weight excluding hydrogens is 350 g/mol. The van der Waals surface area contributed by atoms with E-state index in [0.29, 0.717) is 13.2 Å². The Bertz CT molecular complexity index is 795. The third-order valence-corrected chi connectivity index (χ3v) is 5.91. The van der Waals surface area contributed by atoms with Crippen LogP contribution in [0.2, 0.25) is 0 Å². The van der Waals surface area contributed by atoms with Gasteiger partial charge in [-0.3, -0.25) is 4.79 Å². The quantitative estimate of drug-likeness (QED) is 0.784. The highest BCUT2D eigenvalue weighted by Gasteiger charge is 2.41. The summed E-state index contributed by atoms with van der Waals surface area (Å²) in [4.78, 5) is 17.9. The fraction of sp³-hybridized carbons (Fsp3) is 0.435. The van der Waals surface area contributed by atoms with E-state index in [2.05, 4.69) is 63.6 Å². The van der Waals surface area contributed by atoms with E-state index in [1.165, 1.54) is 16.9 Å². The van der Waals surface area contributed by atoms with E-state index in [9.17, 15) is 4.79 Å². The van der Waals surface area contributed by atoms with Gasteiger partial charge in [0.05, 0.1) is 12.0 Å². The molecule has 5 heteroatoms. The second-order valence-electron chi connectivity index (χ2n) is 7.62. The summed E-state index contributed by atoms with van der Waals surface area (Å²) in [7, 11) is 1.69. The largest absolute Gasteiger partial charge is 0.385 e. The molecule has 0 radical (unpaired) electrons. The van der Waals surface area contributed by atoms with E-state index in [1.807, 2.05) is 6.07 Å². The van der Waals surface area contributed by atoms with Crippen LogP contribution < -0.4 is 15.1 Å². The summed E-state index contributed by atoms with van der Waals surface area (Å²) >= 11 is 0. The number of carbonyl (C=O) groups is 1. The molecule has 0 saturated carbocycles. The first-order chi connectivity index (χ1) is 13.8. The van der Waals surface area contributed by atoms with Crippen molar-refractivity contribution in [2.45, 2.75) is 18.9 Å². The predicted molar refractivity (Wildman–Crippen MR) is 113 cm³/mol. The van der Waals surface area contributed by atoms with Gasteiger partial charge in [-0.15, -0.1) is 0 Å².